The van der Waals surface area contributed by atoms with Crippen molar-refractivity contribution in [3.8, 4) is 0 Å². The Morgan fingerprint density at radius 3 is 2.28 bits per heavy atom. The topological polar surface area (TPSA) is 96.2 Å². The van der Waals surface area contributed by atoms with Crippen molar-refractivity contribution in [2.45, 2.75) is 4.90 Å². The Labute approximate surface area is 103 Å². The third kappa shape index (κ3) is 1.47. The van der Waals surface area contributed by atoms with Crippen molar-refractivity contribution in [2.75, 3.05) is 5.73 Å². The molecule has 0 spiro atoms. The van der Waals surface area contributed by atoms with Gasteiger partial charge in [0.1, 0.15) is 4.90 Å². The summed E-state index contributed by atoms with van der Waals surface area (Å²) >= 11 is 0. The molecule has 0 saturated carbocycles. The molecule has 3 aromatic rings. The summed E-state index contributed by atoms with van der Waals surface area (Å²) < 4.78 is 31.8. The molecule has 18 heavy (non-hydrogen) atoms. The molecule has 6 heteroatoms. The van der Waals surface area contributed by atoms with Crippen LogP contribution >= 0.6 is 0 Å². The van der Waals surface area contributed by atoms with Gasteiger partial charge in [-0.05, 0) is 12.1 Å². The Balaban J connectivity index is 2.58. The number of anilines is 1. The Hall–Kier alpha value is -2.05. The zero-order chi connectivity index (χ0) is 12.9. The van der Waals surface area contributed by atoms with E-state index in [0.717, 1.165) is 5.39 Å². The molecule has 1 aromatic heterocycles. The molecule has 92 valence electrons. The molecule has 2 aromatic carbocycles. The first-order chi connectivity index (χ1) is 8.48. The SMILES string of the molecule is Nc1cccc2c1[nH]c1c(S(=O)(=O)O)cccc12. The highest BCUT2D eigenvalue weighted by Gasteiger charge is 2.17. The predicted molar refractivity (Wildman–Crippen MR) is 70.0 cm³/mol. The van der Waals surface area contributed by atoms with Gasteiger partial charge in [0, 0.05) is 10.8 Å². The molecule has 0 saturated heterocycles. The van der Waals surface area contributed by atoms with Crippen LogP contribution in [0.4, 0.5) is 5.69 Å². The van der Waals surface area contributed by atoms with E-state index < -0.39 is 10.1 Å². The normalized spacial score (nSPS) is 12.3. The maximum Gasteiger partial charge on any atom is 0.296 e. The molecule has 0 aliphatic carbocycles. The van der Waals surface area contributed by atoms with Crippen LogP contribution in [-0.2, 0) is 10.1 Å². The molecule has 3 rings (SSSR count). The van der Waals surface area contributed by atoms with E-state index in [1.165, 1.54) is 6.07 Å². The van der Waals surface area contributed by atoms with E-state index in [9.17, 15) is 13.0 Å². The number of rotatable bonds is 1. The average Bonchev–Trinajstić information content (AvgIpc) is 2.68. The fraction of sp³-hybridized carbons (Fsp3) is 0. The molecule has 0 radical (unpaired) electrons. The molecule has 0 fully saturated rings. The van der Waals surface area contributed by atoms with Gasteiger partial charge in [0.15, 0.2) is 0 Å². The molecule has 0 atom stereocenters. The van der Waals surface area contributed by atoms with Crippen LogP contribution in [0.1, 0.15) is 0 Å². The smallest absolute Gasteiger partial charge is 0.296 e. The number of nitrogens with two attached hydrogens (primary N) is 1. The van der Waals surface area contributed by atoms with E-state index in [-0.39, 0.29) is 4.90 Å². The third-order valence-corrected chi connectivity index (χ3v) is 3.84. The van der Waals surface area contributed by atoms with Gasteiger partial charge in [-0.2, -0.15) is 8.42 Å². The highest BCUT2D eigenvalue weighted by molar-refractivity contribution is 7.86. The minimum absolute atomic E-state index is 0.143. The minimum Gasteiger partial charge on any atom is -0.397 e. The molecule has 0 unspecified atom stereocenters. The van der Waals surface area contributed by atoms with E-state index in [1.807, 2.05) is 6.07 Å². The second kappa shape index (κ2) is 3.47. The number of aromatic nitrogens is 1. The summed E-state index contributed by atoms with van der Waals surface area (Å²) in [5, 5.41) is 1.54. The first-order valence-electron chi connectivity index (χ1n) is 5.25. The van der Waals surface area contributed by atoms with Crippen LogP contribution < -0.4 is 5.73 Å². The lowest BCUT2D eigenvalue weighted by molar-refractivity contribution is 0.484. The lowest BCUT2D eigenvalue weighted by Gasteiger charge is -1.98. The van der Waals surface area contributed by atoms with E-state index in [1.54, 1.807) is 24.3 Å². The molecular weight excluding hydrogens is 252 g/mol. The first kappa shape index (κ1) is 11.1. The van der Waals surface area contributed by atoms with Crippen LogP contribution in [0.3, 0.4) is 0 Å². The summed E-state index contributed by atoms with van der Waals surface area (Å²) in [6.45, 7) is 0. The number of hydrogen-bond donors (Lipinski definition) is 3. The van der Waals surface area contributed by atoms with Crippen molar-refractivity contribution in [1.82, 2.24) is 4.98 Å². The number of nitrogen functional groups attached to an aromatic ring is 1. The minimum atomic E-state index is -4.26. The Morgan fingerprint density at radius 1 is 1.00 bits per heavy atom. The van der Waals surface area contributed by atoms with Crippen molar-refractivity contribution in [2.24, 2.45) is 0 Å². The van der Waals surface area contributed by atoms with Gasteiger partial charge >= 0.3 is 0 Å². The van der Waals surface area contributed by atoms with E-state index in [2.05, 4.69) is 4.98 Å². The molecule has 1 heterocycles. The van der Waals surface area contributed by atoms with Crippen molar-refractivity contribution < 1.29 is 13.0 Å². The fourth-order valence-corrected chi connectivity index (χ4v) is 2.83. The standard InChI is InChI=1S/C12H10N2O3S/c13-9-5-1-3-7-8-4-2-6-10(18(15,16)17)12(8)14-11(7)9/h1-6,14H,13H2,(H,15,16,17). The van der Waals surface area contributed by atoms with Crippen molar-refractivity contribution in [3.63, 3.8) is 0 Å². The maximum atomic E-state index is 11.3. The van der Waals surface area contributed by atoms with E-state index in [4.69, 9.17) is 5.73 Å². The van der Waals surface area contributed by atoms with Crippen molar-refractivity contribution >= 4 is 37.6 Å². The van der Waals surface area contributed by atoms with Crippen LogP contribution in [0.5, 0.6) is 0 Å². The highest BCUT2D eigenvalue weighted by Crippen LogP contribution is 2.32. The Morgan fingerprint density at radius 2 is 1.61 bits per heavy atom. The van der Waals surface area contributed by atoms with Gasteiger partial charge in [-0.1, -0.05) is 24.3 Å². The molecule has 0 bridgehead atoms. The summed E-state index contributed by atoms with van der Waals surface area (Å²) in [6.07, 6.45) is 0. The molecule has 0 aliphatic heterocycles. The molecule has 0 amide bonds. The van der Waals surface area contributed by atoms with Gasteiger partial charge in [0.05, 0.1) is 16.7 Å². The number of benzene rings is 2. The Bertz CT molecular complexity index is 866. The molecule has 0 aliphatic rings. The zero-order valence-corrected chi connectivity index (χ0v) is 10.0. The van der Waals surface area contributed by atoms with Crippen LogP contribution in [-0.4, -0.2) is 18.0 Å². The van der Waals surface area contributed by atoms with Crippen LogP contribution in [0, 0.1) is 0 Å². The largest absolute Gasteiger partial charge is 0.397 e. The number of fused-ring (bicyclic) bond motifs is 3. The number of nitrogens with one attached hydrogen (secondary N) is 1. The van der Waals surface area contributed by atoms with Gasteiger partial charge in [-0.25, -0.2) is 0 Å². The monoisotopic (exact) mass is 262 g/mol. The van der Waals surface area contributed by atoms with Crippen LogP contribution in [0.2, 0.25) is 0 Å². The summed E-state index contributed by atoms with van der Waals surface area (Å²) in [7, 11) is -4.26. The summed E-state index contributed by atoms with van der Waals surface area (Å²) in [6, 6.07) is 10.1. The van der Waals surface area contributed by atoms with Crippen molar-refractivity contribution in [3.05, 3.63) is 36.4 Å². The average molecular weight is 262 g/mol. The maximum absolute atomic E-state index is 11.3. The second-order valence-electron chi connectivity index (χ2n) is 4.05. The summed E-state index contributed by atoms with van der Waals surface area (Å²) in [4.78, 5) is 2.81. The number of aromatic amines is 1. The number of H-pyrrole nitrogens is 1. The van der Waals surface area contributed by atoms with Crippen LogP contribution in [0.25, 0.3) is 21.8 Å². The van der Waals surface area contributed by atoms with Gasteiger partial charge in [-0.15, -0.1) is 0 Å². The molecular formula is C12H10N2O3S. The summed E-state index contributed by atoms with van der Waals surface area (Å²) in [5.41, 5.74) is 7.41. The van der Waals surface area contributed by atoms with Gasteiger partial charge in [-0.3, -0.25) is 4.55 Å². The number of hydrogen-bond acceptors (Lipinski definition) is 3. The molecule has 4 N–H and O–H groups in total. The van der Waals surface area contributed by atoms with Crippen LogP contribution in [0.15, 0.2) is 41.3 Å². The van der Waals surface area contributed by atoms with Gasteiger partial charge in [0.25, 0.3) is 10.1 Å². The van der Waals surface area contributed by atoms with E-state index >= 15 is 0 Å². The van der Waals surface area contributed by atoms with Crippen molar-refractivity contribution in [1.29, 1.82) is 0 Å². The quantitative estimate of drug-likeness (QED) is 0.462. The fourth-order valence-electron chi connectivity index (χ4n) is 2.16. The van der Waals surface area contributed by atoms with Gasteiger partial charge < -0.3 is 10.7 Å². The Kier molecular flexibility index (Phi) is 2.13. The lowest BCUT2D eigenvalue weighted by atomic mass is 10.1. The predicted octanol–water partition coefficient (Wildman–Crippen LogP) is 2.15. The molecule has 5 nitrogen and oxygen atoms in total. The van der Waals surface area contributed by atoms with Gasteiger partial charge in [0.2, 0.25) is 0 Å². The second-order valence-corrected chi connectivity index (χ2v) is 5.44. The number of para-hydroxylation sites is 2. The first-order valence-corrected chi connectivity index (χ1v) is 6.69. The van der Waals surface area contributed by atoms with E-state index in [0.29, 0.717) is 22.1 Å². The third-order valence-electron chi connectivity index (χ3n) is 2.94. The highest BCUT2D eigenvalue weighted by atomic mass is 32.2. The summed E-state index contributed by atoms with van der Waals surface area (Å²) in [5.74, 6) is 0. The lowest BCUT2D eigenvalue weighted by Crippen LogP contribution is -1.98. The zero-order valence-electron chi connectivity index (χ0n) is 9.21.